The third kappa shape index (κ3) is 1.66. The Bertz CT molecular complexity index is 551. The van der Waals surface area contributed by atoms with E-state index in [0.717, 1.165) is 28.1 Å². The fourth-order valence-electron chi connectivity index (χ4n) is 1.47. The van der Waals surface area contributed by atoms with Crippen molar-refractivity contribution < 1.29 is 9.90 Å². The van der Waals surface area contributed by atoms with Gasteiger partial charge in [0.1, 0.15) is 0 Å². The van der Waals surface area contributed by atoms with E-state index in [2.05, 4.69) is 4.98 Å². The molecule has 0 aliphatic carbocycles. The lowest BCUT2D eigenvalue weighted by atomic mass is 10.3. The third-order valence-corrected chi connectivity index (χ3v) is 3.08. The minimum absolute atomic E-state index is 0.839. The number of hydrogen-bond donors (Lipinski definition) is 1. The molecule has 0 aliphatic rings. The maximum Gasteiger partial charge on any atom is 0.328 e. The van der Waals surface area contributed by atoms with Crippen molar-refractivity contribution in [1.29, 1.82) is 0 Å². The standard InChI is InChI=1S/C10H10N2O2S/c1-6-5-15-10-11-7(2)8(12(6)10)3-4-9(13)14/h3-5H,1-2H3,(H,13,14)/b4-3+. The first-order valence-electron chi connectivity index (χ1n) is 4.43. The maximum atomic E-state index is 10.5. The summed E-state index contributed by atoms with van der Waals surface area (Å²) in [5.74, 6) is -0.947. The summed E-state index contributed by atoms with van der Waals surface area (Å²) < 4.78 is 1.96. The van der Waals surface area contributed by atoms with Gasteiger partial charge in [-0.25, -0.2) is 9.78 Å². The summed E-state index contributed by atoms with van der Waals surface area (Å²) in [6.45, 7) is 3.85. The average molecular weight is 222 g/mol. The largest absolute Gasteiger partial charge is 0.478 e. The molecule has 0 amide bonds. The van der Waals surface area contributed by atoms with Crippen LogP contribution in [0.4, 0.5) is 0 Å². The van der Waals surface area contributed by atoms with E-state index in [1.165, 1.54) is 0 Å². The topological polar surface area (TPSA) is 54.6 Å². The quantitative estimate of drug-likeness (QED) is 0.792. The number of imidazole rings is 1. The van der Waals surface area contributed by atoms with E-state index in [1.807, 2.05) is 23.6 Å². The first kappa shape index (κ1) is 9.92. The molecule has 0 fully saturated rings. The number of aromatic nitrogens is 2. The Morgan fingerprint density at radius 1 is 1.60 bits per heavy atom. The molecule has 4 nitrogen and oxygen atoms in total. The van der Waals surface area contributed by atoms with Gasteiger partial charge in [-0.2, -0.15) is 0 Å². The van der Waals surface area contributed by atoms with Crippen molar-refractivity contribution >= 4 is 28.3 Å². The summed E-state index contributed by atoms with van der Waals surface area (Å²) in [4.78, 5) is 15.7. The molecule has 0 radical (unpaired) electrons. The number of aliphatic carboxylic acids is 1. The SMILES string of the molecule is Cc1nc2scc(C)n2c1/C=C/C(=O)O. The van der Waals surface area contributed by atoms with Crippen LogP contribution in [0.5, 0.6) is 0 Å². The summed E-state index contributed by atoms with van der Waals surface area (Å²) in [5.41, 5.74) is 2.76. The van der Waals surface area contributed by atoms with Gasteiger partial charge in [-0.3, -0.25) is 4.40 Å². The molecule has 2 rings (SSSR count). The molecule has 0 saturated heterocycles. The second-order valence-electron chi connectivity index (χ2n) is 3.25. The Kier molecular flexibility index (Phi) is 2.32. The predicted octanol–water partition coefficient (Wildman–Crippen LogP) is 2.11. The molecule has 0 aromatic carbocycles. The van der Waals surface area contributed by atoms with Gasteiger partial charge in [0.25, 0.3) is 0 Å². The molecule has 0 bridgehead atoms. The van der Waals surface area contributed by atoms with Crippen molar-refractivity contribution in [2.75, 3.05) is 0 Å². The van der Waals surface area contributed by atoms with Crippen LogP contribution in [0.1, 0.15) is 17.1 Å². The number of hydrogen-bond acceptors (Lipinski definition) is 3. The van der Waals surface area contributed by atoms with E-state index >= 15 is 0 Å². The molecule has 78 valence electrons. The maximum absolute atomic E-state index is 10.5. The molecule has 2 heterocycles. The first-order chi connectivity index (χ1) is 7.09. The van der Waals surface area contributed by atoms with Crippen molar-refractivity contribution in [3.05, 3.63) is 28.5 Å². The van der Waals surface area contributed by atoms with E-state index in [1.54, 1.807) is 17.4 Å². The highest BCUT2D eigenvalue weighted by Gasteiger charge is 2.09. The zero-order chi connectivity index (χ0) is 11.0. The van der Waals surface area contributed by atoms with Crippen LogP contribution in [0.15, 0.2) is 11.5 Å². The van der Waals surface area contributed by atoms with E-state index in [-0.39, 0.29) is 0 Å². The Hall–Kier alpha value is -1.62. The van der Waals surface area contributed by atoms with Gasteiger partial charge in [-0.15, -0.1) is 11.3 Å². The van der Waals surface area contributed by atoms with Crippen LogP contribution in [0.25, 0.3) is 11.0 Å². The molecule has 0 unspecified atom stereocenters. The van der Waals surface area contributed by atoms with Crippen molar-refractivity contribution in [1.82, 2.24) is 9.38 Å². The first-order valence-corrected chi connectivity index (χ1v) is 5.31. The fourth-order valence-corrected chi connectivity index (χ4v) is 2.39. The predicted molar refractivity (Wildman–Crippen MR) is 59.2 cm³/mol. The van der Waals surface area contributed by atoms with Gasteiger partial charge >= 0.3 is 5.97 Å². The number of carboxylic acid groups (broad SMARTS) is 1. The number of nitrogens with zero attached hydrogens (tertiary/aromatic N) is 2. The Morgan fingerprint density at radius 2 is 2.33 bits per heavy atom. The molecule has 15 heavy (non-hydrogen) atoms. The van der Waals surface area contributed by atoms with Gasteiger partial charge < -0.3 is 5.11 Å². The molecule has 2 aromatic rings. The fraction of sp³-hybridized carbons (Fsp3) is 0.200. The molecule has 0 aliphatic heterocycles. The number of aryl methyl sites for hydroxylation is 2. The Morgan fingerprint density at radius 3 is 3.00 bits per heavy atom. The highest BCUT2D eigenvalue weighted by molar-refractivity contribution is 7.15. The number of carbonyl (C=O) groups is 1. The molecular formula is C10H10N2O2S. The van der Waals surface area contributed by atoms with Crippen LogP contribution in [0.2, 0.25) is 0 Å². The van der Waals surface area contributed by atoms with Crippen molar-refractivity contribution in [2.24, 2.45) is 0 Å². The number of rotatable bonds is 2. The molecule has 0 saturated carbocycles. The number of fused-ring (bicyclic) bond motifs is 1. The van der Waals surface area contributed by atoms with Gasteiger partial charge in [0.2, 0.25) is 0 Å². The van der Waals surface area contributed by atoms with E-state index in [9.17, 15) is 4.79 Å². The van der Waals surface area contributed by atoms with Crippen molar-refractivity contribution in [3.63, 3.8) is 0 Å². The van der Waals surface area contributed by atoms with Crippen molar-refractivity contribution in [2.45, 2.75) is 13.8 Å². The Balaban J connectivity index is 2.62. The zero-order valence-corrected chi connectivity index (χ0v) is 9.21. The second kappa shape index (κ2) is 3.51. The molecule has 2 aromatic heterocycles. The van der Waals surface area contributed by atoms with Crippen LogP contribution >= 0.6 is 11.3 Å². The third-order valence-electron chi connectivity index (χ3n) is 2.14. The molecule has 0 spiro atoms. The number of carboxylic acids is 1. The van der Waals surface area contributed by atoms with Crippen LogP contribution < -0.4 is 0 Å². The monoisotopic (exact) mass is 222 g/mol. The summed E-state index contributed by atoms with van der Waals surface area (Å²) in [6.07, 6.45) is 2.71. The highest BCUT2D eigenvalue weighted by Crippen LogP contribution is 2.21. The van der Waals surface area contributed by atoms with E-state index < -0.39 is 5.97 Å². The minimum Gasteiger partial charge on any atom is -0.478 e. The summed E-state index contributed by atoms with van der Waals surface area (Å²) in [5, 5.41) is 10.6. The summed E-state index contributed by atoms with van der Waals surface area (Å²) >= 11 is 1.55. The highest BCUT2D eigenvalue weighted by atomic mass is 32.1. The summed E-state index contributed by atoms with van der Waals surface area (Å²) in [7, 11) is 0. The van der Waals surface area contributed by atoms with Gasteiger partial charge in [-0.05, 0) is 19.9 Å². The average Bonchev–Trinajstić information content (AvgIpc) is 2.64. The number of thiazole rings is 1. The zero-order valence-electron chi connectivity index (χ0n) is 8.39. The van der Waals surface area contributed by atoms with E-state index in [0.29, 0.717) is 0 Å². The molecule has 1 N–H and O–H groups in total. The van der Waals surface area contributed by atoms with Crippen LogP contribution in [-0.4, -0.2) is 20.5 Å². The van der Waals surface area contributed by atoms with Crippen molar-refractivity contribution in [3.8, 4) is 0 Å². The lowest BCUT2D eigenvalue weighted by Gasteiger charge is -1.94. The van der Waals surface area contributed by atoms with Crippen LogP contribution in [-0.2, 0) is 4.79 Å². The van der Waals surface area contributed by atoms with E-state index in [4.69, 9.17) is 5.11 Å². The van der Waals surface area contributed by atoms with Gasteiger partial charge in [0.05, 0.1) is 11.4 Å². The van der Waals surface area contributed by atoms with Gasteiger partial charge in [0, 0.05) is 17.2 Å². The lowest BCUT2D eigenvalue weighted by molar-refractivity contribution is -0.131. The normalized spacial score (nSPS) is 11.6. The smallest absolute Gasteiger partial charge is 0.328 e. The lowest BCUT2D eigenvalue weighted by Crippen LogP contribution is -1.91. The molecule has 5 heteroatoms. The summed E-state index contributed by atoms with van der Waals surface area (Å²) in [6, 6.07) is 0. The molecule has 0 atom stereocenters. The second-order valence-corrected chi connectivity index (χ2v) is 4.09. The minimum atomic E-state index is -0.947. The van der Waals surface area contributed by atoms with Gasteiger partial charge in [0.15, 0.2) is 4.96 Å². The Labute approximate surface area is 90.5 Å². The van der Waals surface area contributed by atoms with Gasteiger partial charge in [-0.1, -0.05) is 0 Å². The van der Waals surface area contributed by atoms with Crippen LogP contribution in [0.3, 0.4) is 0 Å². The van der Waals surface area contributed by atoms with Crippen LogP contribution in [0, 0.1) is 13.8 Å². The molecular weight excluding hydrogens is 212 g/mol.